The highest BCUT2D eigenvalue weighted by molar-refractivity contribution is 14.1. The van der Waals surface area contributed by atoms with Crippen molar-refractivity contribution < 1.29 is 8.78 Å². The topological polar surface area (TPSA) is 12.0 Å². The molecule has 76 valence electrons. The summed E-state index contributed by atoms with van der Waals surface area (Å²) in [6.07, 6.45) is 1.91. The molecule has 1 N–H and O–H groups in total. The van der Waals surface area contributed by atoms with Crippen LogP contribution in [0.3, 0.4) is 0 Å². The highest BCUT2D eigenvalue weighted by Crippen LogP contribution is 2.27. The molecule has 1 aliphatic rings. The molecular formula is C10H10F2IN. The summed E-state index contributed by atoms with van der Waals surface area (Å²) in [5.74, 6) is -0.647. The fourth-order valence-electron chi connectivity index (χ4n) is 1.75. The van der Waals surface area contributed by atoms with Gasteiger partial charge in [-0.3, -0.25) is 0 Å². The van der Waals surface area contributed by atoms with Crippen LogP contribution in [0.4, 0.5) is 8.78 Å². The van der Waals surface area contributed by atoms with Crippen LogP contribution in [0.5, 0.6) is 0 Å². The van der Waals surface area contributed by atoms with Crippen molar-refractivity contribution in [2.75, 3.05) is 6.54 Å². The van der Waals surface area contributed by atoms with E-state index in [0.717, 1.165) is 19.4 Å². The first-order chi connectivity index (χ1) is 6.68. The fraction of sp³-hybridized carbons (Fsp3) is 0.400. The summed E-state index contributed by atoms with van der Waals surface area (Å²) >= 11 is 1.79. The van der Waals surface area contributed by atoms with Gasteiger partial charge in [-0.1, -0.05) is 0 Å². The predicted molar refractivity (Wildman–Crippen MR) is 59.1 cm³/mol. The van der Waals surface area contributed by atoms with E-state index in [1.165, 1.54) is 12.1 Å². The average Bonchev–Trinajstić information content (AvgIpc) is 2.64. The van der Waals surface area contributed by atoms with Gasteiger partial charge in [-0.05, 0) is 54.1 Å². The molecule has 1 aromatic carbocycles. The molecule has 1 saturated heterocycles. The van der Waals surface area contributed by atoms with Gasteiger partial charge >= 0.3 is 0 Å². The van der Waals surface area contributed by atoms with Gasteiger partial charge in [-0.2, -0.15) is 0 Å². The number of hydrogen-bond acceptors (Lipinski definition) is 1. The molecule has 1 heterocycles. The van der Waals surface area contributed by atoms with Gasteiger partial charge < -0.3 is 5.32 Å². The molecule has 0 aliphatic carbocycles. The van der Waals surface area contributed by atoms with Crippen LogP contribution in [0, 0.1) is 15.2 Å². The van der Waals surface area contributed by atoms with E-state index >= 15 is 0 Å². The standard InChI is InChI=1S/C10H10F2IN/c11-7-5-9(13)8(12)4-6(7)10-2-1-3-14-10/h4-5,10,14H,1-3H2/t10-/m1/s1. The van der Waals surface area contributed by atoms with E-state index in [1.54, 1.807) is 22.6 Å². The molecule has 1 nitrogen and oxygen atoms in total. The smallest absolute Gasteiger partial charge is 0.137 e. The minimum absolute atomic E-state index is 0.0125. The summed E-state index contributed by atoms with van der Waals surface area (Å²) < 4.78 is 27.0. The minimum Gasteiger partial charge on any atom is -0.310 e. The summed E-state index contributed by atoms with van der Waals surface area (Å²) in [5.41, 5.74) is 0.459. The minimum atomic E-state index is -0.337. The number of hydrogen-bond donors (Lipinski definition) is 1. The maximum absolute atomic E-state index is 13.5. The van der Waals surface area contributed by atoms with Crippen molar-refractivity contribution in [2.24, 2.45) is 0 Å². The van der Waals surface area contributed by atoms with Crippen molar-refractivity contribution in [3.05, 3.63) is 32.9 Å². The van der Waals surface area contributed by atoms with Crippen LogP contribution in [-0.4, -0.2) is 6.54 Å². The van der Waals surface area contributed by atoms with E-state index in [9.17, 15) is 8.78 Å². The number of halogens is 3. The van der Waals surface area contributed by atoms with Crippen LogP contribution in [0.15, 0.2) is 12.1 Å². The Kier molecular flexibility index (Phi) is 3.02. The van der Waals surface area contributed by atoms with E-state index in [4.69, 9.17) is 0 Å². The molecule has 0 unspecified atom stereocenters. The Hall–Kier alpha value is -0.230. The lowest BCUT2D eigenvalue weighted by Gasteiger charge is -2.12. The lowest BCUT2D eigenvalue weighted by molar-refractivity contribution is 0.540. The van der Waals surface area contributed by atoms with Gasteiger partial charge in [0.15, 0.2) is 0 Å². The second-order valence-corrected chi connectivity index (χ2v) is 4.60. The predicted octanol–water partition coefficient (Wildman–Crippen LogP) is 2.99. The van der Waals surface area contributed by atoms with E-state index in [-0.39, 0.29) is 17.7 Å². The lowest BCUT2D eigenvalue weighted by Crippen LogP contribution is -2.14. The van der Waals surface area contributed by atoms with E-state index in [2.05, 4.69) is 5.32 Å². The molecular weight excluding hydrogens is 299 g/mol. The van der Waals surface area contributed by atoms with E-state index in [0.29, 0.717) is 9.13 Å². The van der Waals surface area contributed by atoms with Crippen LogP contribution in [0.1, 0.15) is 24.4 Å². The third-order valence-corrected chi connectivity index (χ3v) is 3.30. The summed E-state index contributed by atoms with van der Waals surface area (Å²) in [6, 6.07) is 2.55. The number of rotatable bonds is 1. The van der Waals surface area contributed by atoms with E-state index in [1.807, 2.05) is 0 Å². The van der Waals surface area contributed by atoms with Crippen molar-refractivity contribution in [1.82, 2.24) is 5.32 Å². The molecule has 0 aromatic heterocycles. The van der Waals surface area contributed by atoms with Crippen molar-refractivity contribution in [3.63, 3.8) is 0 Å². The van der Waals surface area contributed by atoms with Gasteiger partial charge in [0.05, 0.1) is 3.57 Å². The monoisotopic (exact) mass is 309 g/mol. The summed E-state index contributed by atoms with van der Waals surface area (Å²) in [4.78, 5) is 0. The van der Waals surface area contributed by atoms with Crippen molar-refractivity contribution in [1.29, 1.82) is 0 Å². The Bertz CT molecular complexity index is 348. The number of benzene rings is 1. The maximum Gasteiger partial charge on any atom is 0.137 e. The maximum atomic E-state index is 13.5. The van der Waals surface area contributed by atoms with Gasteiger partial charge in [0, 0.05) is 11.6 Å². The zero-order valence-corrected chi connectivity index (χ0v) is 9.64. The van der Waals surface area contributed by atoms with Gasteiger partial charge in [-0.25, -0.2) is 8.78 Å². The first-order valence-corrected chi connectivity index (χ1v) is 5.64. The first kappa shape index (κ1) is 10.3. The molecule has 1 aromatic rings. The first-order valence-electron chi connectivity index (χ1n) is 4.56. The number of nitrogens with one attached hydrogen (secondary N) is 1. The molecule has 1 aliphatic heterocycles. The largest absolute Gasteiger partial charge is 0.310 e. The Morgan fingerprint density at radius 2 is 2.07 bits per heavy atom. The SMILES string of the molecule is Fc1cc([C@H]2CCCN2)c(F)cc1I. The summed E-state index contributed by atoms with van der Waals surface area (Å²) in [6.45, 7) is 0.887. The molecule has 1 fully saturated rings. The van der Waals surface area contributed by atoms with Crippen LogP contribution in [-0.2, 0) is 0 Å². The van der Waals surface area contributed by atoms with Gasteiger partial charge in [0.25, 0.3) is 0 Å². The second-order valence-electron chi connectivity index (χ2n) is 3.44. The highest BCUT2D eigenvalue weighted by Gasteiger charge is 2.20. The zero-order valence-electron chi connectivity index (χ0n) is 7.49. The molecule has 1 atom stereocenters. The highest BCUT2D eigenvalue weighted by atomic mass is 127. The van der Waals surface area contributed by atoms with Crippen molar-refractivity contribution in [3.8, 4) is 0 Å². The fourth-order valence-corrected chi connectivity index (χ4v) is 2.18. The molecule has 0 bridgehead atoms. The van der Waals surface area contributed by atoms with Gasteiger partial charge in [0.2, 0.25) is 0 Å². The Morgan fingerprint density at radius 1 is 1.29 bits per heavy atom. The van der Waals surface area contributed by atoms with Crippen LogP contribution < -0.4 is 5.32 Å². The molecule has 0 saturated carbocycles. The summed E-state index contributed by atoms with van der Waals surface area (Å²) in [7, 11) is 0. The summed E-state index contributed by atoms with van der Waals surface area (Å²) in [5, 5.41) is 3.15. The molecule has 0 amide bonds. The molecule has 4 heteroatoms. The van der Waals surface area contributed by atoms with Crippen LogP contribution in [0.2, 0.25) is 0 Å². The molecule has 14 heavy (non-hydrogen) atoms. The third kappa shape index (κ3) is 1.91. The van der Waals surface area contributed by atoms with Gasteiger partial charge in [-0.15, -0.1) is 0 Å². The third-order valence-electron chi connectivity index (χ3n) is 2.48. The molecule has 2 rings (SSSR count). The van der Waals surface area contributed by atoms with Crippen molar-refractivity contribution >= 4 is 22.6 Å². The Morgan fingerprint density at radius 3 is 2.71 bits per heavy atom. The Labute approximate surface area is 95.0 Å². The molecule has 0 radical (unpaired) electrons. The van der Waals surface area contributed by atoms with E-state index < -0.39 is 0 Å². The van der Waals surface area contributed by atoms with Crippen LogP contribution >= 0.6 is 22.6 Å². The zero-order chi connectivity index (χ0) is 10.1. The Balaban J connectivity index is 2.37. The second kappa shape index (κ2) is 4.10. The molecule has 0 spiro atoms. The van der Waals surface area contributed by atoms with Gasteiger partial charge in [0.1, 0.15) is 11.6 Å². The van der Waals surface area contributed by atoms with Crippen LogP contribution in [0.25, 0.3) is 0 Å². The quantitative estimate of drug-likeness (QED) is 0.621. The average molecular weight is 309 g/mol. The normalized spacial score (nSPS) is 21.5. The van der Waals surface area contributed by atoms with Crippen molar-refractivity contribution in [2.45, 2.75) is 18.9 Å². The lowest BCUT2D eigenvalue weighted by atomic mass is 10.0.